The number of Topliss-reactive ketones (excluding diaryl/α,β-unsaturated/α-hetero) is 1. The number of hydrogen-bond donors (Lipinski definition) is 0. The maximum Gasteiger partial charge on any atom is 0.313 e. The third-order valence-corrected chi connectivity index (χ3v) is 1.65. The predicted molar refractivity (Wildman–Crippen MR) is 44.4 cm³/mol. The second-order valence-electron chi connectivity index (χ2n) is 2.61. The molecule has 0 aliphatic carbocycles. The fraction of sp³-hybridized carbons (Fsp3) is 0.333. The van der Waals surface area contributed by atoms with E-state index in [1.54, 1.807) is 13.0 Å². The maximum absolute atomic E-state index is 11.3. The molecule has 70 valence electrons. The molecule has 0 saturated carbocycles. The van der Waals surface area contributed by atoms with E-state index >= 15 is 0 Å². The standard InChI is InChI=1S/C9H10O4/c1-6-3-4-13-9(6)7(10)5-8(11)12-2/h3-4H,5H2,1-2H3. The van der Waals surface area contributed by atoms with Gasteiger partial charge in [0.1, 0.15) is 6.42 Å². The second kappa shape index (κ2) is 3.89. The molecule has 0 bridgehead atoms. The monoisotopic (exact) mass is 182 g/mol. The molecule has 13 heavy (non-hydrogen) atoms. The third kappa shape index (κ3) is 2.18. The summed E-state index contributed by atoms with van der Waals surface area (Å²) in [4.78, 5) is 22.0. The van der Waals surface area contributed by atoms with Crippen molar-refractivity contribution in [2.45, 2.75) is 13.3 Å². The molecule has 0 fully saturated rings. The van der Waals surface area contributed by atoms with Crippen molar-refractivity contribution in [1.82, 2.24) is 0 Å². The van der Waals surface area contributed by atoms with Gasteiger partial charge in [0, 0.05) is 0 Å². The van der Waals surface area contributed by atoms with Crippen LogP contribution in [0.3, 0.4) is 0 Å². The van der Waals surface area contributed by atoms with Crippen molar-refractivity contribution in [3.8, 4) is 0 Å². The quantitative estimate of drug-likeness (QED) is 0.402. The van der Waals surface area contributed by atoms with Crippen molar-refractivity contribution < 1.29 is 18.7 Å². The van der Waals surface area contributed by atoms with Crippen molar-refractivity contribution in [1.29, 1.82) is 0 Å². The Morgan fingerprint density at radius 2 is 2.23 bits per heavy atom. The van der Waals surface area contributed by atoms with Crippen LogP contribution in [0.4, 0.5) is 0 Å². The number of hydrogen-bond acceptors (Lipinski definition) is 4. The van der Waals surface area contributed by atoms with Gasteiger partial charge in [0.15, 0.2) is 5.76 Å². The molecule has 0 aliphatic rings. The number of ketones is 1. The Kier molecular flexibility index (Phi) is 2.84. The predicted octanol–water partition coefficient (Wildman–Crippen LogP) is 1.33. The van der Waals surface area contributed by atoms with Crippen LogP contribution in [0.25, 0.3) is 0 Å². The van der Waals surface area contributed by atoms with Crippen molar-refractivity contribution in [3.05, 3.63) is 23.7 Å². The summed E-state index contributed by atoms with van der Waals surface area (Å²) >= 11 is 0. The zero-order valence-corrected chi connectivity index (χ0v) is 7.49. The molecule has 0 atom stereocenters. The molecule has 0 unspecified atom stereocenters. The lowest BCUT2D eigenvalue weighted by Crippen LogP contribution is -2.09. The smallest absolute Gasteiger partial charge is 0.313 e. The summed E-state index contributed by atoms with van der Waals surface area (Å²) in [5, 5.41) is 0. The lowest BCUT2D eigenvalue weighted by molar-refractivity contribution is -0.139. The minimum Gasteiger partial charge on any atom is -0.469 e. The van der Waals surface area contributed by atoms with E-state index in [0.29, 0.717) is 0 Å². The molecule has 0 radical (unpaired) electrons. The van der Waals surface area contributed by atoms with Crippen LogP contribution in [0.5, 0.6) is 0 Å². The highest BCUT2D eigenvalue weighted by atomic mass is 16.5. The maximum atomic E-state index is 11.3. The summed E-state index contributed by atoms with van der Waals surface area (Å²) in [7, 11) is 1.24. The van der Waals surface area contributed by atoms with Gasteiger partial charge in [-0.3, -0.25) is 9.59 Å². The van der Waals surface area contributed by atoms with Gasteiger partial charge in [-0.25, -0.2) is 0 Å². The average molecular weight is 182 g/mol. The number of ether oxygens (including phenoxy) is 1. The van der Waals surface area contributed by atoms with Gasteiger partial charge in [0.25, 0.3) is 0 Å². The first kappa shape index (κ1) is 9.51. The lowest BCUT2D eigenvalue weighted by Gasteiger charge is -1.96. The molecule has 4 nitrogen and oxygen atoms in total. The van der Waals surface area contributed by atoms with Gasteiger partial charge in [-0.05, 0) is 18.6 Å². The van der Waals surface area contributed by atoms with Gasteiger partial charge in [-0.15, -0.1) is 0 Å². The molecule has 0 N–H and O–H groups in total. The van der Waals surface area contributed by atoms with Gasteiger partial charge in [0.05, 0.1) is 13.4 Å². The van der Waals surface area contributed by atoms with E-state index in [1.165, 1.54) is 13.4 Å². The molecule has 1 heterocycles. The second-order valence-corrected chi connectivity index (χ2v) is 2.61. The molecular weight excluding hydrogens is 172 g/mol. The Labute approximate surface area is 75.5 Å². The average Bonchev–Trinajstić information content (AvgIpc) is 2.51. The Balaban J connectivity index is 2.69. The third-order valence-electron chi connectivity index (χ3n) is 1.65. The summed E-state index contributed by atoms with van der Waals surface area (Å²) in [6.07, 6.45) is 1.14. The van der Waals surface area contributed by atoms with Crippen molar-refractivity contribution >= 4 is 11.8 Å². The minimum atomic E-state index is -0.555. The number of esters is 1. The normalized spacial score (nSPS) is 9.69. The summed E-state index contributed by atoms with van der Waals surface area (Å²) in [6.45, 7) is 1.74. The molecule has 0 amide bonds. The molecule has 0 aliphatic heterocycles. The van der Waals surface area contributed by atoms with E-state index in [2.05, 4.69) is 4.74 Å². The minimum absolute atomic E-state index is 0.227. The number of furan rings is 1. The number of carbonyl (C=O) groups is 2. The summed E-state index contributed by atoms with van der Waals surface area (Å²) in [6, 6.07) is 1.67. The molecular formula is C9H10O4. The van der Waals surface area contributed by atoms with E-state index < -0.39 is 5.97 Å². The highest BCUT2D eigenvalue weighted by Crippen LogP contribution is 2.11. The largest absolute Gasteiger partial charge is 0.469 e. The summed E-state index contributed by atoms with van der Waals surface area (Å²) in [5.41, 5.74) is 0.730. The first-order chi connectivity index (χ1) is 6.15. The van der Waals surface area contributed by atoms with Crippen molar-refractivity contribution in [3.63, 3.8) is 0 Å². The molecule has 1 aromatic rings. The molecule has 0 saturated heterocycles. The molecule has 4 heteroatoms. The van der Waals surface area contributed by atoms with Gasteiger partial charge in [-0.2, -0.15) is 0 Å². The van der Waals surface area contributed by atoms with Crippen LogP contribution in [0.2, 0.25) is 0 Å². The van der Waals surface area contributed by atoms with Crippen LogP contribution < -0.4 is 0 Å². The number of methoxy groups -OCH3 is 1. The number of rotatable bonds is 3. The van der Waals surface area contributed by atoms with E-state index in [9.17, 15) is 9.59 Å². The Bertz CT molecular complexity index is 324. The first-order valence-electron chi connectivity index (χ1n) is 3.79. The van der Waals surface area contributed by atoms with Crippen molar-refractivity contribution in [2.75, 3.05) is 7.11 Å². The Morgan fingerprint density at radius 3 is 2.69 bits per heavy atom. The summed E-state index contributed by atoms with van der Waals surface area (Å²) < 4.78 is 9.27. The van der Waals surface area contributed by atoms with Crippen LogP contribution in [0, 0.1) is 6.92 Å². The van der Waals surface area contributed by atoms with Crippen LogP contribution in [0.1, 0.15) is 22.5 Å². The highest BCUT2D eigenvalue weighted by molar-refractivity contribution is 6.04. The number of aryl methyl sites for hydroxylation is 1. The molecule has 0 spiro atoms. The topological polar surface area (TPSA) is 56.5 Å². The molecule has 0 aromatic carbocycles. The Morgan fingerprint density at radius 1 is 1.54 bits per heavy atom. The lowest BCUT2D eigenvalue weighted by atomic mass is 10.1. The zero-order chi connectivity index (χ0) is 9.84. The fourth-order valence-corrected chi connectivity index (χ4v) is 0.942. The van der Waals surface area contributed by atoms with Crippen molar-refractivity contribution in [2.24, 2.45) is 0 Å². The number of carbonyl (C=O) groups excluding carboxylic acids is 2. The van der Waals surface area contributed by atoms with Crippen LogP contribution >= 0.6 is 0 Å². The van der Waals surface area contributed by atoms with Crippen LogP contribution in [-0.4, -0.2) is 18.9 Å². The van der Waals surface area contributed by atoms with E-state index in [4.69, 9.17) is 4.42 Å². The van der Waals surface area contributed by atoms with Gasteiger partial charge in [0.2, 0.25) is 5.78 Å². The zero-order valence-electron chi connectivity index (χ0n) is 7.49. The van der Waals surface area contributed by atoms with Crippen LogP contribution in [0.15, 0.2) is 16.7 Å². The fourth-order valence-electron chi connectivity index (χ4n) is 0.942. The van der Waals surface area contributed by atoms with Gasteiger partial charge in [-0.1, -0.05) is 0 Å². The SMILES string of the molecule is COC(=O)CC(=O)c1occc1C. The van der Waals surface area contributed by atoms with Gasteiger partial charge < -0.3 is 9.15 Å². The van der Waals surface area contributed by atoms with E-state index in [-0.39, 0.29) is 18.0 Å². The summed E-state index contributed by atoms with van der Waals surface area (Å²) in [5.74, 6) is -0.680. The van der Waals surface area contributed by atoms with E-state index in [1.807, 2.05) is 0 Å². The Hall–Kier alpha value is -1.58. The highest BCUT2D eigenvalue weighted by Gasteiger charge is 2.16. The van der Waals surface area contributed by atoms with Gasteiger partial charge >= 0.3 is 5.97 Å². The molecule has 1 aromatic heterocycles. The first-order valence-corrected chi connectivity index (χ1v) is 3.79. The van der Waals surface area contributed by atoms with E-state index in [0.717, 1.165) is 5.56 Å². The van der Waals surface area contributed by atoms with Crippen LogP contribution in [-0.2, 0) is 9.53 Å². The molecule has 1 rings (SSSR count).